The summed E-state index contributed by atoms with van der Waals surface area (Å²) in [5, 5.41) is 7.54. The first-order valence-corrected chi connectivity index (χ1v) is 18.6. The summed E-state index contributed by atoms with van der Waals surface area (Å²) < 4.78 is 4.90. The Morgan fingerprint density at radius 2 is 0.741 bits per heavy atom. The minimum Gasteiger partial charge on any atom is -0.309 e. The van der Waals surface area contributed by atoms with E-state index in [1.165, 1.54) is 87.8 Å². The molecule has 0 aliphatic heterocycles. The molecular weight excluding hydrogens is 653 g/mol. The van der Waals surface area contributed by atoms with Crippen LogP contribution in [-0.4, -0.2) is 9.13 Å². The van der Waals surface area contributed by atoms with Crippen molar-refractivity contribution >= 4 is 54.4 Å². The lowest BCUT2D eigenvalue weighted by atomic mass is 10.0. The second kappa shape index (κ2) is 12.2. The van der Waals surface area contributed by atoms with Gasteiger partial charge in [0.2, 0.25) is 0 Å². The van der Waals surface area contributed by atoms with Gasteiger partial charge in [0.1, 0.15) is 0 Å². The van der Waals surface area contributed by atoms with Gasteiger partial charge in [-0.05, 0) is 92.7 Å². The number of aromatic nitrogens is 2. The van der Waals surface area contributed by atoms with E-state index in [2.05, 4.69) is 215 Å². The number of hydrogen-bond acceptors (Lipinski definition) is 0. The average Bonchev–Trinajstić information content (AvgIpc) is 3.77. The molecule has 0 aliphatic rings. The van der Waals surface area contributed by atoms with Crippen LogP contribution in [0.4, 0.5) is 0 Å². The van der Waals surface area contributed by atoms with Crippen molar-refractivity contribution in [1.29, 1.82) is 0 Å². The molecule has 0 fully saturated rings. The normalized spacial score (nSPS) is 11.7. The highest BCUT2D eigenvalue weighted by atomic mass is 15.0. The van der Waals surface area contributed by atoms with Gasteiger partial charge in [-0.1, -0.05) is 158 Å². The summed E-state index contributed by atoms with van der Waals surface area (Å²) in [5.74, 6) is 0. The predicted molar refractivity (Wildman–Crippen MR) is 229 cm³/mol. The van der Waals surface area contributed by atoms with Crippen LogP contribution in [0.25, 0.3) is 99.1 Å². The van der Waals surface area contributed by atoms with Crippen molar-refractivity contribution in [2.24, 2.45) is 0 Å². The lowest BCUT2D eigenvalue weighted by Crippen LogP contribution is -1.95. The van der Waals surface area contributed by atoms with E-state index in [0.29, 0.717) is 0 Å². The quantitative estimate of drug-likeness (QED) is 0.171. The largest absolute Gasteiger partial charge is 0.309 e. The Labute approximate surface area is 313 Å². The highest BCUT2D eigenvalue weighted by Gasteiger charge is 2.20. The smallest absolute Gasteiger partial charge is 0.0641 e. The Morgan fingerprint density at radius 3 is 1.43 bits per heavy atom. The van der Waals surface area contributed by atoms with Crippen LogP contribution < -0.4 is 0 Å². The molecule has 0 unspecified atom stereocenters. The molecule has 0 amide bonds. The summed E-state index contributed by atoms with van der Waals surface area (Å²) in [6.45, 7) is 0. The number of nitrogens with zero attached hydrogens (tertiary/aromatic N) is 2. The second-order valence-electron chi connectivity index (χ2n) is 14.2. The molecule has 9 aromatic carbocycles. The topological polar surface area (TPSA) is 9.86 Å². The van der Waals surface area contributed by atoms with Crippen LogP contribution in [0.3, 0.4) is 0 Å². The van der Waals surface area contributed by atoms with Crippen molar-refractivity contribution in [1.82, 2.24) is 9.13 Å². The third-order valence-electron chi connectivity index (χ3n) is 11.1. The van der Waals surface area contributed by atoms with Crippen LogP contribution in [0.1, 0.15) is 0 Å². The molecular formula is C52H34N2. The maximum atomic E-state index is 2.47. The van der Waals surface area contributed by atoms with Crippen LogP contribution in [0, 0.1) is 0 Å². The van der Waals surface area contributed by atoms with Gasteiger partial charge in [-0.3, -0.25) is 0 Å². The minimum atomic E-state index is 1.15. The summed E-state index contributed by atoms with van der Waals surface area (Å²) in [5.41, 5.74) is 14.4. The van der Waals surface area contributed by atoms with Gasteiger partial charge in [0.05, 0.1) is 22.1 Å². The van der Waals surface area contributed by atoms with Gasteiger partial charge in [-0.25, -0.2) is 0 Å². The van der Waals surface area contributed by atoms with Crippen LogP contribution in [-0.2, 0) is 0 Å². The first-order chi connectivity index (χ1) is 26.8. The summed E-state index contributed by atoms with van der Waals surface area (Å²) >= 11 is 0. The van der Waals surface area contributed by atoms with Gasteiger partial charge >= 0.3 is 0 Å². The predicted octanol–water partition coefficient (Wildman–Crippen LogP) is 14.0. The van der Waals surface area contributed by atoms with Crippen LogP contribution >= 0.6 is 0 Å². The Kier molecular flexibility index (Phi) is 6.90. The van der Waals surface area contributed by atoms with Crippen molar-refractivity contribution in [2.75, 3.05) is 0 Å². The molecule has 2 heteroatoms. The van der Waals surface area contributed by atoms with E-state index >= 15 is 0 Å². The molecule has 0 atom stereocenters. The number of hydrogen-bond donors (Lipinski definition) is 0. The van der Waals surface area contributed by atoms with Gasteiger partial charge in [0.15, 0.2) is 0 Å². The molecule has 2 heterocycles. The van der Waals surface area contributed by atoms with Gasteiger partial charge in [-0.2, -0.15) is 0 Å². The zero-order valence-electron chi connectivity index (χ0n) is 29.5. The van der Waals surface area contributed by atoms with Crippen LogP contribution in [0.15, 0.2) is 206 Å². The molecule has 11 rings (SSSR count). The third-order valence-corrected chi connectivity index (χ3v) is 11.1. The van der Waals surface area contributed by atoms with Crippen molar-refractivity contribution in [3.05, 3.63) is 206 Å². The van der Waals surface area contributed by atoms with E-state index < -0.39 is 0 Å². The average molecular weight is 687 g/mol. The third kappa shape index (κ3) is 4.81. The Balaban J connectivity index is 1.06. The first kappa shape index (κ1) is 30.5. The molecule has 0 radical (unpaired) electrons. The van der Waals surface area contributed by atoms with Crippen LogP contribution in [0.2, 0.25) is 0 Å². The van der Waals surface area contributed by atoms with Crippen LogP contribution in [0.5, 0.6) is 0 Å². The monoisotopic (exact) mass is 686 g/mol. The van der Waals surface area contributed by atoms with Gasteiger partial charge in [-0.15, -0.1) is 0 Å². The summed E-state index contributed by atoms with van der Waals surface area (Å²) in [4.78, 5) is 0. The van der Waals surface area contributed by atoms with E-state index in [1.54, 1.807) is 0 Å². The van der Waals surface area contributed by atoms with Crippen molar-refractivity contribution < 1.29 is 0 Å². The zero-order valence-corrected chi connectivity index (χ0v) is 29.5. The molecule has 11 aromatic rings. The molecule has 0 aliphatic carbocycles. The van der Waals surface area contributed by atoms with E-state index in [9.17, 15) is 0 Å². The highest BCUT2D eigenvalue weighted by molar-refractivity contribution is 6.26. The maximum Gasteiger partial charge on any atom is 0.0641 e. The summed E-state index contributed by atoms with van der Waals surface area (Å²) in [7, 11) is 0. The van der Waals surface area contributed by atoms with E-state index in [0.717, 1.165) is 11.4 Å². The fourth-order valence-electron chi connectivity index (χ4n) is 8.52. The molecule has 0 saturated carbocycles. The Morgan fingerprint density at radius 1 is 0.259 bits per heavy atom. The SMILES string of the molecule is c1ccc(-c2ccc(-c3ccc(-n4c5ccccc5c5ccc6c(c7ccccc7n6-c6ccc(-c7ccc8ccccc8c7)cc6)c54)cc3)cc2)cc1. The Bertz CT molecular complexity index is 3160. The molecule has 0 bridgehead atoms. The lowest BCUT2D eigenvalue weighted by molar-refractivity contribution is 1.17. The molecule has 252 valence electrons. The van der Waals surface area contributed by atoms with Gasteiger partial charge in [0, 0.05) is 32.9 Å². The fourth-order valence-corrected chi connectivity index (χ4v) is 8.52. The number of benzene rings is 9. The maximum absolute atomic E-state index is 2.47. The number of fused-ring (bicyclic) bond motifs is 8. The van der Waals surface area contributed by atoms with E-state index in [4.69, 9.17) is 0 Å². The number of rotatable bonds is 5. The lowest BCUT2D eigenvalue weighted by Gasteiger charge is -2.12. The summed E-state index contributed by atoms with van der Waals surface area (Å²) in [6, 6.07) is 75.1. The molecule has 0 saturated heterocycles. The highest BCUT2D eigenvalue weighted by Crippen LogP contribution is 2.42. The fraction of sp³-hybridized carbons (Fsp3) is 0. The first-order valence-electron chi connectivity index (χ1n) is 18.6. The van der Waals surface area contributed by atoms with Crippen molar-refractivity contribution in [3.8, 4) is 44.8 Å². The molecule has 0 spiro atoms. The molecule has 54 heavy (non-hydrogen) atoms. The summed E-state index contributed by atoms with van der Waals surface area (Å²) in [6.07, 6.45) is 0. The second-order valence-corrected chi connectivity index (χ2v) is 14.2. The molecule has 0 N–H and O–H groups in total. The molecule has 2 nitrogen and oxygen atoms in total. The minimum absolute atomic E-state index is 1.15. The van der Waals surface area contributed by atoms with Crippen molar-refractivity contribution in [2.45, 2.75) is 0 Å². The standard InChI is InChI=1S/C52H34N2/c1-2-10-35(11-3-1)37-18-20-38(21-19-37)39-24-30-44(31-25-39)54-48-16-8-6-14-45(48)46-32-33-50-51(52(46)54)47-15-7-9-17-49(47)53(50)43-28-26-40(27-29-43)42-23-22-36-12-4-5-13-41(36)34-42/h1-34H. The van der Waals surface area contributed by atoms with E-state index in [1.807, 2.05) is 0 Å². The Hall–Kier alpha value is -7.16. The zero-order chi connectivity index (χ0) is 35.6. The number of para-hydroxylation sites is 2. The molecule has 2 aromatic heterocycles. The van der Waals surface area contributed by atoms with Gasteiger partial charge in [0.25, 0.3) is 0 Å². The van der Waals surface area contributed by atoms with Crippen molar-refractivity contribution in [3.63, 3.8) is 0 Å². The van der Waals surface area contributed by atoms with E-state index in [-0.39, 0.29) is 0 Å². The van der Waals surface area contributed by atoms with Gasteiger partial charge < -0.3 is 9.13 Å².